The summed E-state index contributed by atoms with van der Waals surface area (Å²) in [6.45, 7) is -0.532. The number of aromatic nitrogens is 1. The van der Waals surface area contributed by atoms with Crippen molar-refractivity contribution in [3.63, 3.8) is 0 Å². The first kappa shape index (κ1) is 21.2. The van der Waals surface area contributed by atoms with Crippen LogP contribution in [0, 0.1) is 0 Å². The molecule has 1 aliphatic rings. The molecule has 0 saturated carbocycles. The zero-order valence-electron chi connectivity index (χ0n) is 16.4. The summed E-state index contributed by atoms with van der Waals surface area (Å²) in [4.78, 5) is 41.1. The molecule has 0 bridgehead atoms. The molecule has 1 aromatic heterocycles. The summed E-state index contributed by atoms with van der Waals surface area (Å²) < 4.78 is 40.4. The van der Waals surface area contributed by atoms with Crippen molar-refractivity contribution in [3.05, 3.63) is 60.3 Å². The Morgan fingerprint density at radius 1 is 1.09 bits per heavy atom. The van der Waals surface area contributed by atoms with Gasteiger partial charge in [-0.15, -0.1) is 13.2 Å². The molecule has 0 spiro atoms. The second-order valence-electron chi connectivity index (χ2n) is 7.11. The first-order chi connectivity index (χ1) is 15.2. The van der Waals surface area contributed by atoms with Crippen molar-refractivity contribution in [2.45, 2.75) is 18.8 Å². The van der Waals surface area contributed by atoms with Crippen molar-refractivity contribution in [2.75, 3.05) is 11.9 Å². The van der Waals surface area contributed by atoms with E-state index in [1.807, 2.05) is 24.3 Å². The van der Waals surface area contributed by atoms with Gasteiger partial charge in [-0.3, -0.25) is 14.5 Å². The number of imide groups is 1. The molecular weight excluding hydrogens is 429 g/mol. The van der Waals surface area contributed by atoms with Gasteiger partial charge in [0.1, 0.15) is 18.3 Å². The Balaban J connectivity index is 1.36. The molecule has 2 aromatic carbocycles. The second kappa shape index (κ2) is 8.25. The number of nitrogens with one attached hydrogen (secondary N) is 3. The lowest BCUT2D eigenvalue weighted by Gasteiger charge is -2.13. The summed E-state index contributed by atoms with van der Waals surface area (Å²) in [5.74, 6) is -1.65. The molecule has 1 aliphatic heterocycles. The van der Waals surface area contributed by atoms with E-state index in [1.54, 1.807) is 6.20 Å². The highest BCUT2D eigenvalue weighted by atomic mass is 19.4. The van der Waals surface area contributed by atoms with Gasteiger partial charge in [0.05, 0.1) is 0 Å². The third-order valence-electron chi connectivity index (χ3n) is 4.88. The fourth-order valence-electron chi connectivity index (χ4n) is 3.47. The lowest BCUT2D eigenvalue weighted by molar-refractivity contribution is -0.274. The maximum absolute atomic E-state index is 12.7. The zero-order chi connectivity index (χ0) is 22.9. The summed E-state index contributed by atoms with van der Waals surface area (Å²) in [5, 5.41) is 5.94. The van der Waals surface area contributed by atoms with E-state index in [0.29, 0.717) is 0 Å². The molecule has 2 heterocycles. The Labute approximate surface area is 179 Å². The highest BCUT2D eigenvalue weighted by Crippen LogP contribution is 2.24. The highest BCUT2D eigenvalue weighted by Gasteiger charge is 2.39. The molecular formula is C21H17F3N4O4. The quantitative estimate of drug-likeness (QED) is 0.506. The monoisotopic (exact) mass is 446 g/mol. The van der Waals surface area contributed by atoms with Crippen LogP contribution in [0.2, 0.25) is 0 Å². The number of urea groups is 1. The summed E-state index contributed by atoms with van der Waals surface area (Å²) in [6, 6.07) is 10.5. The molecule has 4 rings (SSSR count). The van der Waals surface area contributed by atoms with Gasteiger partial charge < -0.3 is 20.4 Å². The Morgan fingerprint density at radius 2 is 1.81 bits per heavy atom. The van der Waals surface area contributed by atoms with E-state index in [9.17, 15) is 27.6 Å². The highest BCUT2D eigenvalue weighted by molar-refractivity contribution is 6.08. The number of benzene rings is 2. The van der Waals surface area contributed by atoms with E-state index in [1.165, 1.54) is 12.1 Å². The van der Waals surface area contributed by atoms with Crippen LogP contribution in [0.25, 0.3) is 10.9 Å². The number of alkyl halides is 3. The number of halogens is 3. The molecule has 0 unspecified atom stereocenters. The number of nitrogens with zero attached hydrogens (tertiary/aromatic N) is 1. The van der Waals surface area contributed by atoms with Crippen LogP contribution in [0.3, 0.4) is 0 Å². The lowest BCUT2D eigenvalue weighted by Crippen LogP contribution is -2.38. The normalized spacial score (nSPS) is 16.3. The zero-order valence-corrected chi connectivity index (χ0v) is 16.4. The second-order valence-corrected chi connectivity index (χ2v) is 7.11. The Hall–Kier alpha value is -4.02. The average molecular weight is 446 g/mol. The molecule has 1 fully saturated rings. The van der Waals surface area contributed by atoms with E-state index in [0.717, 1.165) is 33.5 Å². The van der Waals surface area contributed by atoms with Crippen molar-refractivity contribution in [1.29, 1.82) is 0 Å². The number of amides is 4. The fourth-order valence-corrected chi connectivity index (χ4v) is 3.47. The molecule has 0 radical (unpaired) electrons. The van der Waals surface area contributed by atoms with Gasteiger partial charge in [-0.2, -0.15) is 0 Å². The number of carbonyl (C=O) groups is 3. The number of rotatable bonds is 6. The maximum atomic E-state index is 12.7. The van der Waals surface area contributed by atoms with Gasteiger partial charge in [0, 0.05) is 29.2 Å². The average Bonchev–Trinajstić information content (AvgIpc) is 3.25. The minimum Gasteiger partial charge on any atom is -0.406 e. The smallest absolute Gasteiger partial charge is 0.406 e. The van der Waals surface area contributed by atoms with Crippen LogP contribution in [0.15, 0.2) is 54.7 Å². The number of carbonyl (C=O) groups excluding carboxylic acids is 3. The van der Waals surface area contributed by atoms with Crippen LogP contribution in [-0.2, 0) is 16.0 Å². The van der Waals surface area contributed by atoms with Crippen molar-refractivity contribution in [2.24, 2.45) is 0 Å². The van der Waals surface area contributed by atoms with Gasteiger partial charge in [0.2, 0.25) is 5.91 Å². The Morgan fingerprint density at radius 3 is 2.53 bits per heavy atom. The molecule has 8 nitrogen and oxygen atoms in total. The van der Waals surface area contributed by atoms with Crippen molar-refractivity contribution in [1.82, 2.24) is 15.2 Å². The molecule has 32 heavy (non-hydrogen) atoms. The molecule has 1 atom stereocenters. The van der Waals surface area contributed by atoms with Gasteiger partial charge in [-0.05, 0) is 35.9 Å². The van der Waals surface area contributed by atoms with Crippen LogP contribution < -0.4 is 15.4 Å². The largest absolute Gasteiger partial charge is 0.573 e. The van der Waals surface area contributed by atoms with E-state index in [-0.39, 0.29) is 12.1 Å². The molecule has 11 heteroatoms. The molecule has 4 amide bonds. The maximum Gasteiger partial charge on any atom is 0.573 e. The molecule has 3 N–H and O–H groups in total. The van der Waals surface area contributed by atoms with Crippen LogP contribution in [0.4, 0.5) is 23.7 Å². The van der Waals surface area contributed by atoms with Gasteiger partial charge in [-0.1, -0.05) is 18.2 Å². The Bertz CT molecular complexity index is 1170. The van der Waals surface area contributed by atoms with Crippen LogP contribution in [-0.4, -0.2) is 46.7 Å². The van der Waals surface area contributed by atoms with Gasteiger partial charge >= 0.3 is 12.4 Å². The van der Waals surface area contributed by atoms with E-state index in [4.69, 9.17) is 0 Å². The summed E-state index contributed by atoms with van der Waals surface area (Å²) in [7, 11) is 0. The number of hydrogen-bond acceptors (Lipinski definition) is 4. The molecule has 166 valence electrons. The number of hydrogen-bond donors (Lipinski definition) is 3. The van der Waals surface area contributed by atoms with E-state index < -0.39 is 42.5 Å². The third-order valence-corrected chi connectivity index (χ3v) is 4.88. The Kier molecular flexibility index (Phi) is 5.47. The van der Waals surface area contributed by atoms with Crippen LogP contribution in [0.5, 0.6) is 5.75 Å². The van der Waals surface area contributed by atoms with Crippen molar-refractivity contribution in [3.8, 4) is 5.75 Å². The van der Waals surface area contributed by atoms with E-state index >= 15 is 0 Å². The minimum absolute atomic E-state index is 0.187. The predicted molar refractivity (Wildman–Crippen MR) is 108 cm³/mol. The summed E-state index contributed by atoms with van der Waals surface area (Å²) in [5.41, 5.74) is 1.95. The summed E-state index contributed by atoms with van der Waals surface area (Å²) >= 11 is 0. The molecule has 3 aromatic rings. The minimum atomic E-state index is -4.82. The van der Waals surface area contributed by atoms with Gasteiger partial charge in [0.25, 0.3) is 5.91 Å². The van der Waals surface area contributed by atoms with Crippen LogP contribution >= 0.6 is 0 Å². The fraction of sp³-hybridized carbons (Fsp3) is 0.190. The van der Waals surface area contributed by atoms with Crippen molar-refractivity contribution >= 4 is 34.4 Å². The lowest BCUT2D eigenvalue weighted by atomic mass is 10.1. The number of H-pyrrole nitrogens is 1. The number of aromatic amines is 1. The summed E-state index contributed by atoms with van der Waals surface area (Å²) in [6.07, 6.45) is -2.80. The van der Waals surface area contributed by atoms with Crippen molar-refractivity contribution < 1.29 is 32.3 Å². The number of fused-ring (bicyclic) bond motifs is 1. The number of para-hydroxylation sites is 1. The number of anilines is 1. The van der Waals surface area contributed by atoms with E-state index in [2.05, 4.69) is 20.4 Å². The van der Waals surface area contributed by atoms with Gasteiger partial charge in [0.15, 0.2) is 0 Å². The number of ether oxygens (including phenoxy) is 1. The molecule has 1 saturated heterocycles. The first-order valence-electron chi connectivity index (χ1n) is 9.52. The first-order valence-corrected chi connectivity index (χ1v) is 9.52. The topological polar surface area (TPSA) is 104 Å². The standard InChI is InChI=1S/C21H17F3N4O4/c22-21(23,24)32-14-7-5-13(6-8-14)26-18(29)11-28-19(30)17(27-20(28)31)9-12-10-25-16-4-2-1-3-15(12)16/h1-8,10,17,25H,9,11H2,(H,26,29)(H,27,31)/t17-/m0/s1. The predicted octanol–water partition coefficient (Wildman–Crippen LogP) is 3.17. The molecule has 0 aliphatic carbocycles. The van der Waals surface area contributed by atoms with Gasteiger partial charge in [-0.25, -0.2) is 4.79 Å². The third kappa shape index (κ3) is 4.66. The SMILES string of the molecule is O=C(CN1C(=O)N[C@@H](Cc2c[nH]c3ccccc23)C1=O)Nc1ccc(OC(F)(F)F)cc1. The van der Waals surface area contributed by atoms with Crippen LogP contribution in [0.1, 0.15) is 5.56 Å².